The van der Waals surface area contributed by atoms with Gasteiger partial charge in [-0.05, 0) is 130 Å². The van der Waals surface area contributed by atoms with Crippen LogP contribution in [0, 0.1) is 6.92 Å². The highest BCUT2D eigenvalue weighted by Gasteiger charge is 2.14. The molecular weight excluding hydrogens is 615 g/mol. The zero-order valence-electron chi connectivity index (χ0n) is 28.3. The minimum Gasteiger partial charge on any atom is -0.256 e. The molecule has 0 aliphatic rings. The minimum absolute atomic E-state index is 0.992. The summed E-state index contributed by atoms with van der Waals surface area (Å²) in [6.07, 6.45) is 1.84. The number of aryl methyl sites for hydroxylation is 1. The fourth-order valence-corrected chi connectivity index (χ4v) is 8.06. The van der Waals surface area contributed by atoms with Crippen molar-refractivity contribution in [2.75, 3.05) is 0 Å². The molecule has 9 aromatic carbocycles. The molecule has 10 aromatic rings. The van der Waals surface area contributed by atoms with Crippen molar-refractivity contribution in [2.45, 2.75) is 6.92 Å². The maximum absolute atomic E-state index is 4.49. The molecule has 51 heavy (non-hydrogen) atoms. The average Bonchev–Trinajstić information content (AvgIpc) is 3.20. The third-order valence-corrected chi connectivity index (χ3v) is 10.6. The van der Waals surface area contributed by atoms with E-state index in [4.69, 9.17) is 0 Å². The van der Waals surface area contributed by atoms with Gasteiger partial charge in [-0.1, -0.05) is 146 Å². The van der Waals surface area contributed by atoms with Gasteiger partial charge in [-0.25, -0.2) is 0 Å². The van der Waals surface area contributed by atoms with Gasteiger partial charge in [-0.2, -0.15) is 0 Å². The van der Waals surface area contributed by atoms with Crippen LogP contribution < -0.4 is 0 Å². The largest absolute Gasteiger partial charge is 0.256 e. The molecule has 0 aliphatic heterocycles. The Morgan fingerprint density at radius 1 is 0.333 bits per heavy atom. The van der Waals surface area contributed by atoms with Gasteiger partial charge in [-0.3, -0.25) is 4.98 Å². The fourth-order valence-electron chi connectivity index (χ4n) is 8.06. The lowest BCUT2D eigenvalue weighted by atomic mass is 9.88. The summed E-state index contributed by atoms with van der Waals surface area (Å²) in [5.74, 6) is 0. The van der Waals surface area contributed by atoms with Crippen LogP contribution in [0.2, 0.25) is 0 Å². The molecule has 1 heteroatoms. The van der Waals surface area contributed by atoms with Crippen LogP contribution in [0.4, 0.5) is 0 Å². The maximum Gasteiger partial charge on any atom is 0.0701 e. The molecular formula is C50H33N. The molecule has 1 nitrogen and oxygen atoms in total. The standard InChI is InChI=1S/C50H33N/c1-32-7-4-8-35-18-19-37-10-6-12-46(50(37)48(32)35)45-11-5-9-36-20-25-43-31-42(26-27-44(43)49(36)45)41-24-23-39-29-38(21-22-40(39)30-41)33-14-16-34(17-15-33)47-13-2-3-28-51-47/h2-31H,1H3. The molecule has 0 amide bonds. The number of pyridine rings is 1. The summed E-state index contributed by atoms with van der Waals surface area (Å²) < 4.78 is 0. The van der Waals surface area contributed by atoms with Crippen molar-refractivity contribution in [3.05, 3.63) is 188 Å². The van der Waals surface area contributed by atoms with Gasteiger partial charge in [0.05, 0.1) is 5.69 Å². The highest BCUT2D eigenvalue weighted by Crippen LogP contribution is 2.41. The van der Waals surface area contributed by atoms with Crippen LogP contribution in [-0.4, -0.2) is 4.98 Å². The van der Waals surface area contributed by atoms with Gasteiger partial charge < -0.3 is 0 Å². The van der Waals surface area contributed by atoms with Gasteiger partial charge in [0.25, 0.3) is 0 Å². The lowest BCUT2D eigenvalue weighted by Crippen LogP contribution is -1.89. The first kappa shape index (κ1) is 29.4. The Kier molecular flexibility index (Phi) is 6.79. The van der Waals surface area contributed by atoms with Crippen LogP contribution in [-0.2, 0) is 0 Å². The number of aromatic nitrogens is 1. The van der Waals surface area contributed by atoms with Crippen molar-refractivity contribution >= 4 is 53.9 Å². The smallest absolute Gasteiger partial charge is 0.0701 e. The first-order valence-electron chi connectivity index (χ1n) is 17.6. The molecule has 0 aliphatic carbocycles. The molecule has 238 valence electrons. The monoisotopic (exact) mass is 647 g/mol. The van der Waals surface area contributed by atoms with Crippen molar-refractivity contribution in [2.24, 2.45) is 0 Å². The van der Waals surface area contributed by atoms with Gasteiger partial charge in [0, 0.05) is 11.8 Å². The lowest BCUT2D eigenvalue weighted by molar-refractivity contribution is 1.33. The topological polar surface area (TPSA) is 12.9 Å². The van der Waals surface area contributed by atoms with Gasteiger partial charge in [0.15, 0.2) is 0 Å². The first-order valence-corrected chi connectivity index (χ1v) is 17.6. The van der Waals surface area contributed by atoms with Crippen molar-refractivity contribution in [3.8, 4) is 44.6 Å². The Hall–Kier alpha value is -6.57. The number of hydrogen-bond donors (Lipinski definition) is 0. The third-order valence-electron chi connectivity index (χ3n) is 10.6. The van der Waals surface area contributed by atoms with E-state index in [1.54, 1.807) is 0 Å². The summed E-state index contributed by atoms with van der Waals surface area (Å²) in [6.45, 7) is 2.23. The van der Waals surface area contributed by atoms with Crippen molar-refractivity contribution in [3.63, 3.8) is 0 Å². The van der Waals surface area contributed by atoms with E-state index >= 15 is 0 Å². The average molecular weight is 648 g/mol. The van der Waals surface area contributed by atoms with E-state index in [-0.39, 0.29) is 0 Å². The van der Waals surface area contributed by atoms with Crippen LogP contribution in [0.25, 0.3) is 98.5 Å². The van der Waals surface area contributed by atoms with Gasteiger partial charge in [0.1, 0.15) is 0 Å². The summed E-state index contributed by atoms with van der Waals surface area (Å²) in [5, 5.41) is 12.8. The van der Waals surface area contributed by atoms with Crippen molar-refractivity contribution < 1.29 is 0 Å². The molecule has 0 N–H and O–H groups in total. The van der Waals surface area contributed by atoms with Crippen LogP contribution in [0.5, 0.6) is 0 Å². The van der Waals surface area contributed by atoms with E-state index in [1.165, 1.54) is 92.8 Å². The Labute approximate surface area is 297 Å². The normalized spacial score (nSPS) is 11.6. The Bertz CT molecular complexity index is 2960. The molecule has 0 radical (unpaired) electrons. The van der Waals surface area contributed by atoms with Crippen LogP contribution in [0.1, 0.15) is 5.56 Å². The molecule has 0 atom stereocenters. The second-order valence-corrected chi connectivity index (χ2v) is 13.6. The summed E-state index contributed by atoms with van der Waals surface area (Å²) in [4.78, 5) is 4.49. The molecule has 0 unspecified atom stereocenters. The molecule has 0 spiro atoms. The Balaban J connectivity index is 1.05. The molecule has 1 heterocycles. The predicted octanol–water partition coefficient (Wildman–Crippen LogP) is 13.8. The van der Waals surface area contributed by atoms with E-state index in [2.05, 4.69) is 170 Å². The van der Waals surface area contributed by atoms with Gasteiger partial charge in [0.2, 0.25) is 0 Å². The third kappa shape index (κ3) is 4.97. The van der Waals surface area contributed by atoms with Crippen molar-refractivity contribution in [1.29, 1.82) is 0 Å². The maximum atomic E-state index is 4.49. The van der Waals surface area contributed by atoms with E-state index in [9.17, 15) is 0 Å². The predicted molar refractivity (Wildman–Crippen MR) is 218 cm³/mol. The number of hydrogen-bond acceptors (Lipinski definition) is 1. The molecule has 1 aromatic heterocycles. The molecule has 0 saturated carbocycles. The number of benzene rings is 9. The van der Waals surface area contributed by atoms with Gasteiger partial charge >= 0.3 is 0 Å². The highest BCUT2D eigenvalue weighted by molar-refractivity contribution is 6.21. The fraction of sp³-hybridized carbons (Fsp3) is 0.0200. The highest BCUT2D eigenvalue weighted by atomic mass is 14.7. The molecule has 0 bridgehead atoms. The number of fused-ring (bicyclic) bond motifs is 7. The quantitative estimate of drug-likeness (QED) is 0.173. The summed E-state index contributed by atoms with van der Waals surface area (Å²) >= 11 is 0. The van der Waals surface area contributed by atoms with E-state index in [0.29, 0.717) is 0 Å². The number of rotatable bonds is 4. The molecule has 0 fully saturated rings. The summed E-state index contributed by atoms with van der Waals surface area (Å²) in [5.41, 5.74) is 10.9. The summed E-state index contributed by atoms with van der Waals surface area (Å²) in [7, 11) is 0. The van der Waals surface area contributed by atoms with E-state index < -0.39 is 0 Å². The molecule has 10 rings (SSSR count). The number of nitrogens with zero attached hydrogens (tertiary/aromatic N) is 1. The second-order valence-electron chi connectivity index (χ2n) is 13.6. The zero-order chi connectivity index (χ0) is 33.9. The summed E-state index contributed by atoms with van der Waals surface area (Å²) in [6, 6.07) is 64.5. The Morgan fingerprint density at radius 3 is 1.53 bits per heavy atom. The van der Waals surface area contributed by atoms with Crippen LogP contribution >= 0.6 is 0 Å². The first-order chi connectivity index (χ1) is 25.2. The van der Waals surface area contributed by atoms with Gasteiger partial charge in [-0.15, -0.1) is 0 Å². The van der Waals surface area contributed by atoms with E-state index in [0.717, 1.165) is 11.3 Å². The lowest BCUT2D eigenvalue weighted by Gasteiger charge is -2.16. The van der Waals surface area contributed by atoms with Crippen molar-refractivity contribution in [1.82, 2.24) is 4.98 Å². The molecule has 0 saturated heterocycles. The minimum atomic E-state index is 0.992. The van der Waals surface area contributed by atoms with Crippen LogP contribution in [0.15, 0.2) is 182 Å². The Morgan fingerprint density at radius 2 is 0.843 bits per heavy atom. The SMILES string of the molecule is Cc1cccc2ccc3cccc(-c4cccc5ccc6cc(-c7ccc8cc(-c9ccc(-c%10ccccn%10)cc9)ccc8c7)ccc6c45)c3c12. The zero-order valence-corrected chi connectivity index (χ0v) is 28.3. The van der Waals surface area contributed by atoms with Crippen LogP contribution in [0.3, 0.4) is 0 Å². The van der Waals surface area contributed by atoms with E-state index in [1.807, 2.05) is 24.4 Å². The second kappa shape index (κ2) is 11.8.